The summed E-state index contributed by atoms with van der Waals surface area (Å²) in [5.74, 6) is 0. The highest BCUT2D eigenvalue weighted by atomic mass is 15.3. The predicted octanol–water partition coefficient (Wildman–Crippen LogP) is 2.17. The van der Waals surface area contributed by atoms with Gasteiger partial charge in [0.1, 0.15) is 0 Å². The first-order valence-corrected chi connectivity index (χ1v) is 7.21. The second kappa shape index (κ2) is 6.61. The molecule has 5 heteroatoms. The van der Waals surface area contributed by atoms with Crippen LogP contribution in [0.15, 0.2) is 18.3 Å². The molecule has 2 aromatic rings. The molecule has 0 spiro atoms. The van der Waals surface area contributed by atoms with Crippen LogP contribution in [0.4, 0.5) is 0 Å². The molecule has 0 bridgehead atoms. The van der Waals surface area contributed by atoms with Crippen molar-refractivity contribution in [2.45, 2.75) is 39.7 Å². The Hall–Kier alpha value is -1.75. The van der Waals surface area contributed by atoms with Crippen LogP contribution in [0.25, 0.3) is 0 Å². The first-order chi connectivity index (χ1) is 9.67. The molecule has 2 rings (SSSR count). The van der Waals surface area contributed by atoms with Crippen molar-refractivity contribution in [3.05, 3.63) is 41.0 Å². The molecule has 20 heavy (non-hydrogen) atoms. The molecular weight excluding hydrogens is 250 g/mol. The van der Waals surface area contributed by atoms with Gasteiger partial charge in [0.05, 0.1) is 23.1 Å². The van der Waals surface area contributed by atoms with E-state index in [0.717, 1.165) is 36.5 Å². The lowest BCUT2D eigenvalue weighted by Gasteiger charge is -2.21. The van der Waals surface area contributed by atoms with Gasteiger partial charge in [-0.3, -0.25) is 4.68 Å². The second-order valence-electron chi connectivity index (χ2n) is 5.01. The Morgan fingerprint density at radius 3 is 2.70 bits per heavy atom. The number of aryl methyl sites for hydroxylation is 3. The van der Waals surface area contributed by atoms with E-state index in [-0.39, 0.29) is 6.04 Å². The van der Waals surface area contributed by atoms with Gasteiger partial charge < -0.3 is 5.32 Å². The number of aromatic nitrogens is 4. The zero-order chi connectivity index (χ0) is 14.5. The first-order valence-electron chi connectivity index (χ1n) is 7.21. The zero-order valence-corrected chi connectivity index (χ0v) is 12.7. The van der Waals surface area contributed by atoms with Crippen LogP contribution in [-0.2, 0) is 13.5 Å². The molecule has 0 saturated heterocycles. The Morgan fingerprint density at radius 2 is 2.10 bits per heavy atom. The molecule has 2 heterocycles. The van der Waals surface area contributed by atoms with Crippen molar-refractivity contribution in [2.24, 2.45) is 7.05 Å². The second-order valence-corrected chi connectivity index (χ2v) is 5.01. The van der Waals surface area contributed by atoms with Crippen molar-refractivity contribution in [1.82, 2.24) is 25.3 Å². The lowest BCUT2D eigenvalue weighted by molar-refractivity contribution is 0.546. The molecule has 108 valence electrons. The van der Waals surface area contributed by atoms with E-state index in [9.17, 15) is 0 Å². The van der Waals surface area contributed by atoms with Crippen LogP contribution >= 0.6 is 0 Å². The van der Waals surface area contributed by atoms with Gasteiger partial charge >= 0.3 is 0 Å². The number of hydrogen-bond donors (Lipinski definition) is 1. The summed E-state index contributed by atoms with van der Waals surface area (Å²) in [4.78, 5) is 0. The van der Waals surface area contributed by atoms with Gasteiger partial charge in [-0.15, -0.1) is 0 Å². The van der Waals surface area contributed by atoms with Crippen LogP contribution in [0.5, 0.6) is 0 Å². The van der Waals surface area contributed by atoms with Gasteiger partial charge in [-0.1, -0.05) is 13.8 Å². The van der Waals surface area contributed by atoms with Gasteiger partial charge in [-0.2, -0.15) is 15.3 Å². The maximum absolute atomic E-state index is 4.35. The summed E-state index contributed by atoms with van der Waals surface area (Å²) < 4.78 is 1.92. The highest BCUT2D eigenvalue weighted by Crippen LogP contribution is 2.24. The predicted molar refractivity (Wildman–Crippen MR) is 79.5 cm³/mol. The number of nitrogens with zero attached hydrogens (tertiary/aromatic N) is 4. The normalized spacial score (nSPS) is 12.6. The Bertz CT molecular complexity index is 561. The molecule has 0 amide bonds. The Balaban J connectivity index is 2.46. The standard InChI is InChI=1S/C15H23N5/c1-5-8-16-15(14-7-9-17-20(14)4)12-10-11(3)18-19-13(12)6-2/h7,9-10,15-16H,5-6,8H2,1-4H3. The molecule has 0 aliphatic carbocycles. The van der Waals surface area contributed by atoms with E-state index in [1.54, 1.807) is 0 Å². The third-order valence-electron chi connectivity index (χ3n) is 3.43. The molecule has 1 N–H and O–H groups in total. The highest BCUT2D eigenvalue weighted by Gasteiger charge is 2.20. The van der Waals surface area contributed by atoms with Crippen LogP contribution in [0.2, 0.25) is 0 Å². The Kier molecular flexibility index (Phi) is 4.84. The van der Waals surface area contributed by atoms with Gasteiger partial charge in [-0.25, -0.2) is 0 Å². The van der Waals surface area contributed by atoms with Gasteiger partial charge in [0.2, 0.25) is 0 Å². The van der Waals surface area contributed by atoms with Crippen molar-refractivity contribution in [2.75, 3.05) is 6.54 Å². The van der Waals surface area contributed by atoms with Gasteiger partial charge in [0.15, 0.2) is 0 Å². The Morgan fingerprint density at radius 1 is 1.30 bits per heavy atom. The van der Waals surface area contributed by atoms with Crippen LogP contribution in [0.1, 0.15) is 49.0 Å². The fraction of sp³-hybridized carbons (Fsp3) is 0.533. The third kappa shape index (κ3) is 3.04. The lowest BCUT2D eigenvalue weighted by atomic mass is 10.00. The molecule has 0 saturated carbocycles. The highest BCUT2D eigenvalue weighted by molar-refractivity contribution is 5.31. The molecule has 1 unspecified atom stereocenters. The largest absolute Gasteiger partial charge is 0.305 e. The molecule has 0 radical (unpaired) electrons. The van der Waals surface area contributed by atoms with Crippen molar-refractivity contribution >= 4 is 0 Å². The van der Waals surface area contributed by atoms with E-state index in [0.29, 0.717) is 0 Å². The minimum absolute atomic E-state index is 0.117. The van der Waals surface area contributed by atoms with E-state index < -0.39 is 0 Å². The van der Waals surface area contributed by atoms with Gasteiger partial charge in [0.25, 0.3) is 0 Å². The van der Waals surface area contributed by atoms with Crippen molar-refractivity contribution < 1.29 is 0 Å². The van der Waals surface area contributed by atoms with Crippen molar-refractivity contribution in [3.63, 3.8) is 0 Å². The van der Waals surface area contributed by atoms with Crippen molar-refractivity contribution in [3.8, 4) is 0 Å². The van der Waals surface area contributed by atoms with Crippen LogP contribution in [-0.4, -0.2) is 26.5 Å². The lowest BCUT2D eigenvalue weighted by Crippen LogP contribution is -2.27. The summed E-state index contributed by atoms with van der Waals surface area (Å²) in [6.45, 7) is 7.23. The van der Waals surface area contributed by atoms with E-state index in [2.05, 4.69) is 46.6 Å². The minimum Gasteiger partial charge on any atom is -0.305 e. The minimum atomic E-state index is 0.117. The molecule has 0 aliphatic heterocycles. The van der Waals surface area contributed by atoms with Gasteiger partial charge in [-0.05, 0) is 38.4 Å². The quantitative estimate of drug-likeness (QED) is 0.876. The molecular formula is C15H23N5. The molecule has 0 aromatic carbocycles. The smallest absolute Gasteiger partial charge is 0.0767 e. The molecule has 0 aliphatic rings. The third-order valence-corrected chi connectivity index (χ3v) is 3.43. The maximum atomic E-state index is 4.35. The summed E-state index contributed by atoms with van der Waals surface area (Å²) in [6, 6.07) is 4.31. The number of rotatable bonds is 6. The summed E-state index contributed by atoms with van der Waals surface area (Å²) in [7, 11) is 1.98. The Labute approximate surface area is 120 Å². The summed E-state index contributed by atoms with van der Waals surface area (Å²) >= 11 is 0. The SMILES string of the molecule is CCCNC(c1cc(C)nnc1CC)c1ccnn1C. The summed E-state index contributed by atoms with van der Waals surface area (Å²) in [6.07, 6.45) is 3.81. The number of hydrogen-bond acceptors (Lipinski definition) is 4. The van der Waals surface area contributed by atoms with E-state index in [1.165, 1.54) is 5.56 Å². The summed E-state index contributed by atoms with van der Waals surface area (Å²) in [5, 5.41) is 16.4. The van der Waals surface area contributed by atoms with Crippen LogP contribution in [0, 0.1) is 6.92 Å². The number of nitrogens with one attached hydrogen (secondary N) is 1. The first kappa shape index (κ1) is 14.7. The van der Waals surface area contributed by atoms with Gasteiger partial charge in [0, 0.05) is 18.8 Å². The zero-order valence-electron chi connectivity index (χ0n) is 12.7. The summed E-state index contributed by atoms with van der Waals surface area (Å²) in [5.41, 5.74) is 4.35. The fourth-order valence-corrected chi connectivity index (χ4v) is 2.39. The average Bonchev–Trinajstić information content (AvgIpc) is 2.86. The van der Waals surface area contributed by atoms with Crippen LogP contribution < -0.4 is 5.32 Å². The topological polar surface area (TPSA) is 55.6 Å². The maximum Gasteiger partial charge on any atom is 0.0767 e. The molecule has 1 atom stereocenters. The van der Waals surface area contributed by atoms with Crippen LogP contribution in [0.3, 0.4) is 0 Å². The van der Waals surface area contributed by atoms with E-state index >= 15 is 0 Å². The average molecular weight is 273 g/mol. The molecule has 5 nitrogen and oxygen atoms in total. The van der Waals surface area contributed by atoms with Crippen molar-refractivity contribution in [1.29, 1.82) is 0 Å². The van der Waals surface area contributed by atoms with E-state index in [1.807, 2.05) is 24.9 Å². The molecule has 2 aromatic heterocycles. The monoisotopic (exact) mass is 273 g/mol. The van der Waals surface area contributed by atoms with E-state index in [4.69, 9.17) is 0 Å². The fourth-order valence-electron chi connectivity index (χ4n) is 2.39. The molecule has 0 fully saturated rings.